The predicted octanol–water partition coefficient (Wildman–Crippen LogP) is 4.76. The second-order valence-corrected chi connectivity index (χ2v) is 6.54. The van der Waals surface area contributed by atoms with E-state index in [1.165, 1.54) is 23.2 Å². The Morgan fingerprint density at radius 3 is 1.71 bits per heavy atom. The molecule has 0 unspecified atom stereocenters. The molecular weight excluding hydrogens is 349 g/mol. The van der Waals surface area contributed by atoms with Gasteiger partial charge in [0.1, 0.15) is 18.9 Å². The first kappa shape index (κ1) is 19.5. The van der Waals surface area contributed by atoms with Crippen LogP contribution in [-0.2, 0) is 0 Å². The van der Waals surface area contributed by atoms with Crippen LogP contribution in [0.4, 0.5) is 8.78 Å². The van der Waals surface area contributed by atoms with Crippen molar-refractivity contribution in [3.05, 3.63) is 99.6 Å². The van der Waals surface area contributed by atoms with Crippen LogP contribution in [0.25, 0.3) is 0 Å². The summed E-state index contributed by atoms with van der Waals surface area (Å²) < 4.78 is 27.7. The van der Waals surface area contributed by atoms with Gasteiger partial charge >= 0.3 is 0 Å². The molecule has 0 aliphatic carbocycles. The Kier molecular flexibility index (Phi) is 5.98. The van der Waals surface area contributed by atoms with Crippen molar-refractivity contribution in [3.63, 3.8) is 0 Å². The van der Waals surface area contributed by atoms with Gasteiger partial charge in [0.05, 0.1) is 5.56 Å². The van der Waals surface area contributed by atoms with E-state index in [1.807, 2.05) is 25.0 Å². The average Bonchev–Trinajstić information content (AvgIpc) is 2.66. The number of benzene rings is 3. The van der Waals surface area contributed by atoms with Gasteiger partial charge in [0.25, 0.3) is 0 Å². The van der Waals surface area contributed by atoms with Crippen molar-refractivity contribution in [2.24, 2.45) is 0 Å². The van der Waals surface area contributed by atoms with E-state index in [4.69, 9.17) is 0 Å². The van der Waals surface area contributed by atoms with E-state index < -0.39 is 11.6 Å². The maximum absolute atomic E-state index is 13.9. The lowest BCUT2D eigenvalue weighted by Gasteiger charge is -2.01. The molecule has 0 N–H and O–H groups in total. The van der Waals surface area contributed by atoms with Gasteiger partial charge in [-0.15, -0.1) is 0 Å². The minimum Gasteiger partial charge on any atom is -0.206 e. The predicted molar refractivity (Wildman–Crippen MR) is 112 cm³/mol. The fraction of sp³-hybridized carbons (Fsp3) is 0.120. The van der Waals surface area contributed by atoms with Gasteiger partial charge < -0.3 is 0 Å². The Morgan fingerprint density at radius 2 is 1.18 bits per heavy atom. The van der Waals surface area contributed by atoms with Gasteiger partial charge in [-0.25, -0.2) is 8.78 Å². The van der Waals surface area contributed by atoms with Crippen molar-refractivity contribution in [2.75, 3.05) is 0 Å². The fourth-order valence-electron chi connectivity index (χ4n) is 2.81. The van der Waals surface area contributed by atoms with Crippen LogP contribution in [0.15, 0.2) is 54.6 Å². The number of aryl methyl sites for hydroxylation is 2. The lowest BCUT2D eigenvalue weighted by molar-refractivity contribution is 0.575. The van der Waals surface area contributed by atoms with Crippen LogP contribution in [0.2, 0.25) is 6.82 Å². The highest BCUT2D eigenvalue weighted by Gasteiger charge is 2.07. The summed E-state index contributed by atoms with van der Waals surface area (Å²) in [6, 6.07) is 16.0. The van der Waals surface area contributed by atoms with E-state index >= 15 is 0 Å². The number of rotatable bonds is 1. The summed E-state index contributed by atoms with van der Waals surface area (Å²) in [6.07, 6.45) is 0. The Balaban J connectivity index is 1.78. The molecule has 0 fully saturated rings. The molecular formula is C25H18BF2. The molecule has 0 aliphatic heterocycles. The average molecular weight is 367 g/mol. The molecule has 0 amide bonds. The molecule has 0 bridgehead atoms. The summed E-state index contributed by atoms with van der Waals surface area (Å²) in [5.74, 6) is 10.4. The zero-order valence-corrected chi connectivity index (χ0v) is 16.0. The molecule has 0 atom stereocenters. The first-order valence-corrected chi connectivity index (χ1v) is 8.96. The maximum atomic E-state index is 13.9. The zero-order chi connectivity index (χ0) is 20.1. The maximum Gasteiger partial charge on any atom is 0.148 e. The number of hydrogen-bond donors (Lipinski definition) is 0. The first-order chi connectivity index (χ1) is 13.5. The number of halogens is 2. The van der Waals surface area contributed by atoms with Crippen molar-refractivity contribution in [1.29, 1.82) is 0 Å². The molecule has 0 aliphatic rings. The van der Waals surface area contributed by atoms with Crippen molar-refractivity contribution < 1.29 is 8.78 Å². The lowest BCUT2D eigenvalue weighted by atomic mass is 9.71. The minimum absolute atomic E-state index is 0.211. The Morgan fingerprint density at radius 1 is 0.679 bits per heavy atom. The first-order valence-electron chi connectivity index (χ1n) is 8.96. The molecule has 135 valence electrons. The van der Waals surface area contributed by atoms with Crippen molar-refractivity contribution in [3.8, 4) is 23.7 Å². The summed E-state index contributed by atoms with van der Waals surface area (Å²) in [5.41, 5.74) is 5.19. The van der Waals surface area contributed by atoms with Crippen LogP contribution in [0.3, 0.4) is 0 Å². The second-order valence-electron chi connectivity index (χ2n) is 6.54. The van der Waals surface area contributed by atoms with Gasteiger partial charge in [0, 0.05) is 16.7 Å². The fourth-order valence-corrected chi connectivity index (χ4v) is 2.81. The van der Waals surface area contributed by atoms with Gasteiger partial charge in [-0.1, -0.05) is 47.6 Å². The van der Waals surface area contributed by atoms with E-state index in [2.05, 4.69) is 50.0 Å². The molecule has 0 aromatic heterocycles. The smallest absolute Gasteiger partial charge is 0.148 e. The van der Waals surface area contributed by atoms with Crippen LogP contribution in [0.5, 0.6) is 0 Å². The van der Waals surface area contributed by atoms with Crippen LogP contribution < -0.4 is 5.46 Å². The van der Waals surface area contributed by atoms with E-state index in [0.29, 0.717) is 11.1 Å². The largest absolute Gasteiger partial charge is 0.206 e. The number of hydrogen-bond acceptors (Lipinski definition) is 0. The van der Waals surface area contributed by atoms with E-state index in [-0.39, 0.29) is 5.56 Å². The zero-order valence-electron chi connectivity index (χ0n) is 16.0. The summed E-state index contributed by atoms with van der Waals surface area (Å²) in [7, 11) is 2.07. The Bertz CT molecular complexity index is 1110. The molecule has 0 heterocycles. The molecule has 0 saturated heterocycles. The third kappa shape index (κ3) is 4.70. The third-order valence-electron chi connectivity index (χ3n) is 4.34. The van der Waals surface area contributed by atoms with E-state index in [9.17, 15) is 8.78 Å². The van der Waals surface area contributed by atoms with Gasteiger partial charge in [-0.05, 0) is 67.9 Å². The molecule has 3 rings (SSSR count). The van der Waals surface area contributed by atoms with Gasteiger partial charge in [-0.2, -0.15) is 0 Å². The normalized spacial score (nSPS) is 9.75. The highest BCUT2D eigenvalue weighted by molar-refractivity contribution is 6.52. The quantitative estimate of drug-likeness (QED) is 0.430. The van der Waals surface area contributed by atoms with Gasteiger partial charge in [0.15, 0.2) is 0 Å². The summed E-state index contributed by atoms with van der Waals surface area (Å²) in [5, 5.41) is 0. The van der Waals surface area contributed by atoms with Crippen LogP contribution in [0, 0.1) is 49.2 Å². The standard InChI is InChI=1S/C25H18BF2/c1-17-14-24(27)22(25(28)15-17)12-10-20-6-4-19(5-7-20)8-9-21-11-13-23(26-3)18(2)16-21/h4-7,11,13-16H,1-3H3. The Hall–Kier alpha value is -3.30. The van der Waals surface area contributed by atoms with Gasteiger partial charge in [-0.3, -0.25) is 0 Å². The van der Waals surface area contributed by atoms with Crippen LogP contribution in [-0.4, -0.2) is 7.28 Å². The summed E-state index contributed by atoms with van der Waals surface area (Å²) in [6.45, 7) is 5.72. The summed E-state index contributed by atoms with van der Waals surface area (Å²) in [4.78, 5) is 0. The molecule has 0 saturated carbocycles. The molecule has 28 heavy (non-hydrogen) atoms. The third-order valence-corrected chi connectivity index (χ3v) is 4.34. The monoisotopic (exact) mass is 367 g/mol. The van der Waals surface area contributed by atoms with Crippen LogP contribution >= 0.6 is 0 Å². The van der Waals surface area contributed by atoms with E-state index in [1.54, 1.807) is 19.1 Å². The molecule has 3 aromatic carbocycles. The Labute approximate surface area is 165 Å². The molecule has 0 nitrogen and oxygen atoms in total. The lowest BCUT2D eigenvalue weighted by Crippen LogP contribution is -2.13. The molecule has 1 radical (unpaired) electrons. The summed E-state index contributed by atoms with van der Waals surface area (Å²) >= 11 is 0. The second kappa shape index (κ2) is 8.60. The molecule has 3 heteroatoms. The highest BCUT2D eigenvalue weighted by Crippen LogP contribution is 2.14. The van der Waals surface area contributed by atoms with E-state index in [0.717, 1.165) is 11.1 Å². The van der Waals surface area contributed by atoms with Crippen molar-refractivity contribution in [1.82, 2.24) is 0 Å². The molecule has 3 aromatic rings. The molecule has 0 spiro atoms. The SMILES string of the molecule is C[B]c1ccc(C#Cc2ccc(C#Cc3c(F)cc(C)cc3F)cc2)cc1C. The topological polar surface area (TPSA) is 0 Å². The van der Waals surface area contributed by atoms with Gasteiger partial charge in [0.2, 0.25) is 0 Å². The van der Waals surface area contributed by atoms with Crippen LogP contribution in [0.1, 0.15) is 33.4 Å². The highest BCUT2D eigenvalue weighted by atomic mass is 19.1. The van der Waals surface area contributed by atoms with Crippen molar-refractivity contribution >= 4 is 12.7 Å². The minimum atomic E-state index is -0.644. The van der Waals surface area contributed by atoms with Crippen molar-refractivity contribution in [2.45, 2.75) is 20.7 Å².